The van der Waals surface area contributed by atoms with Crippen LogP contribution >= 0.6 is 0 Å². The lowest BCUT2D eigenvalue weighted by Gasteiger charge is -2.21. The van der Waals surface area contributed by atoms with Gasteiger partial charge in [-0.2, -0.15) is 0 Å². The van der Waals surface area contributed by atoms with Gasteiger partial charge in [0.2, 0.25) is 0 Å². The molecule has 8 nitrogen and oxygen atoms in total. The number of amides is 1. The molecule has 0 atom stereocenters. The number of anilines is 1. The lowest BCUT2D eigenvalue weighted by Crippen LogP contribution is -2.31. The molecule has 0 saturated carbocycles. The van der Waals surface area contributed by atoms with Gasteiger partial charge in [-0.1, -0.05) is 0 Å². The van der Waals surface area contributed by atoms with Crippen LogP contribution in [0.5, 0.6) is 0 Å². The zero-order valence-electron chi connectivity index (χ0n) is 16.2. The van der Waals surface area contributed by atoms with Crippen molar-refractivity contribution in [3.8, 4) is 0 Å². The molecule has 0 bridgehead atoms. The van der Waals surface area contributed by atoms with E-state index in [1.807, 2.05) is 55.7 Å². The molecule has 1 N–H and O–H groups in total. The minimum atomic E-state index is -0.0520. The Balaban J connectivity index is 1.67. The molecule has 3 aromatic heterocycles. The van der Waals surface area contributed by atoms with Crippen molar-refractivity contribution in [1.29, 1.82) is 0 Å². The van der Waals surface area contributed by atoms with Crippen LogP contribution in [0.1, 0.15) is 34.6 Å². The Morgan fingerprint density at radius 3 is 2.56 bits per heavy atom. The van der Waals surface area contributed by atoms with Gasteiger partial charge in [0.1, 0.15) is 17.5 Å². The monoisotopic (exact) mass is 367 g/mol. The van der Waals surface area contributed by atoms with Crippen LogP contribution in [-0.4, -0.2) is 48.9 Å². The molecule has 0 radical (unpaired) electrons. The van der Waals surface area contributed by atoms with Crippen molar-refractivity contribution in [1.82, 2.24) is 29.4 Å². The van der Waals surface area contributed by atoms with Crippen molar-refractivity contribution in [2.45, 2.75) is 26.9 Å². The zero-order chi connectivity index (χ0) is 19.4. The third-order valence-electron chi connectivity index (χ3n) is 4.45. The van der Waals surface area contributed by atoms with Gasteiger partial charge in [-0.25, -0.2) is 15.0 Å². The zero-order valence-corrected chi connectivity index (χ0v) is 16.2. The molecule has 27 heavy (non-hydrogen) atoms. The topological polar surface area (TPSA) is 82.9 Å². The fraction of sp³-hybridized carbons (Fsp3) is 0.368. The summed E-state index contributed by atoms with van der Waals surface area (Å²) in [5, 5.41) is 0. The highest BCUT2D eigenvalue weighted by Crippen LogP contribution is 2.14. The summed E-state index contributed by atoms with van der Waals surface area (Å²) in [6.07, 6.45) is 7.04. The average molecular weight is 367 g/mol. The Bertz CT molecular complexity index is 897. The molecule has 8 heteroatoms. The second-order valence-corrected chi connectivity index (χ2v) is 6.55. The average Bonchev–Trinajstić information content (AvgIpc) is 3.27. The first kappa shape index (κ1) is 18.6. The van der Waals surface area contributed by atoms with E-state index in [9.17, 15) is 4.79 Å². The van der Waals surface area contributed by atoms with Crippen molar-refractivity contribution in [2.24, 2.45) is 7.05 Å². The number of aryl methyl sites for hydroxylation is 2. The highest BCUT2D eigenvalue weighted by atomic mass is 16.2. The molecule has 0 saturated heterocycles. The molecular weight excluding hydrogens is 342 g/mol. The lowest BCUT2D eigenvalue weighted by molar-refractivity contribution is 0.0747. The first-order valence-electron chi connectivity index (χ1n) is 8.91. The van der Waals surface area contributed by atoms with Crippen molar-refractivity contribution in [3.63, 3.8) is 0 Å². The van der Waals surface area contributed by atoms with E-state index in [1.165, 1.54) is 0 Å². The molecule has 0 aliphatic rings. The molecule has 0 aromatic carbocycles. The number of hydrogen-bond donors (Lipinski definition) is 1. The molecule has 142 valence electrons. The maximum absolute atomic E-state index is 12.8. The second-order valence-electron chi connectivity index (χ2n) is 6.55. The number of nitrogens with zero attached hydrogens (tertiary/aromatic N) is 6. The van der Waals surface area contributed by atoms with Gasteiger partial charge < -0.3 is 19.4 Å². The molecule has 0 aliphatic heterocycles. The number of rotatable bonds is 7. The molecular formula is C19H25N7O. The Labute approximate surface area is 158 Å². The van der Waals surface area contributed by atoms with E-state index in [1.54, 1.807) is 23.5 Å². The van der Waals surface area contributed by atoms with Crippen LogP contribution in [0.4, 0.5) is 5.82 Å². The van der Waals surface area contributed by atoms with Crippen LogP contribution in [0, 0.1) is 6.92 Å². The quantitative estimate of drug-likeness (QED) is 0.692. The molecule has 0 spiro atoms. The fourth-order valence-corrected chi connectivity index (χ4v) is 2.82. The Morgan fingerprint density at radius 1 is 1.19 bits per heavy atom. The summed E-state index contributed by atoms with van der Waals surface area (Å²) in [5.41, 5.74) is 1.59. The number of pyridine rings is 1. The van der Waals surface area contributed by atoms with Gasteiger partial charge in [-0.05, 0) is 26.0 Å². The predicted molar refractivity (Wildman–Crippen MR) is 103 cm³/mol. The highest BCUT2D eigenvalue weighted by Gasteiger charge is 2.17. The number of nitrogens with one attached hydrogen (secondary N) is 1. The Hall–Kier alpha value is -3.16. The number of aromatic amines is 1. The number of aromatic nitrogens is 5. The summed E-state index contributed by atoms with van der Waals surface area (Å²) in [6, 6.07) is 3.67. The third kappa shape index (κ3) is 4.33. The van der Waals surface area contributed by atoms with Gasteiger partial charge in [0, 0.05) is 51.1 Å². The number of carbonyl (C=O) groups is 1. The standard InChI is InChI=1S/C19H25N7O/c1-5-26(13-18-20-8-9-24(18)3)19(27)15-6-7-17(22-11-15)25(4)12-16-21-10-14(2)23-16/h6-11H,5,12-13H2,1-4H3,(H,21,23). The maximum atomic E-state index is 12.8. The van der Waals surface area contributed by atoms with Crippen molar-refractivity contribution in [2.75, 3.05) is 18.5 Å². The van der Waals surface area contributed by atoms with E-state index in [0.29, 0.717) is 25.2 Å². The van der Waals surface area contributed by atoms with E-state index in [4.69, 9.17) is 0 Å². The van der Waals surface area contributed by atoms with Gasteiger partial charge >= 0.3 is 0 Å². The molecule has 3 rings (SSSR count). The van der Waals surface area contributed by atoms with E-state index in [-0.39, 0.29) is 5.91 Å². The number of carbonyl (C=O) groups excluding carboxylic acids is 1. The lowest BCUT2D eigenvalue weighted by atomic mass is 10.2. The Kier molecular flexibility index (Phi) is 5.54. The predicted octanol–water partition coefficient (Wildman–Crippen LogP) is 2.15. The van der Waals surface area contributed by atoms with E-state index >= 15 is 0 Å². The SMILES string of the molecule is CCN(Cc1nccn1C)C(=O)c1ccc(N(C)Cc2ncc(C)[nH]2)nc1. The van der Waals surface area contributed by atoms with Gasteiger partial charge in [0.25, 0.3) is 5.91 Å². The normalized spacial score (nSPS) is 10.8. The smallest absolute Gasteiger partial charge is 0.255 e. The van der Waals surface area contributed by atoms with Gasteiger partial charge in [-0.15, -0.1) is 0 Å². The minimum absolute atomic E-state index is 0.0520. The third-order valence-corrected chi connectivity index (χ3v) is 4.45. The first-order chi connectivity index (χ1) is 13.0. The van der Waals surface area contributed by atoms with E-state index in [2.05, 4.69) is 19.9 Å². The van der Waals surface area contributed by atoms with Gasteiger partial charge in [-0.3, -0.25) is 4.79 Å². The number of hydrogen-bond acceptors (Lipinski definition) is 5. The number of imidazole rings is 2. The molecule has 0 unspecified atom stereocenters. The summed E-state index contributed by atoms with van der Waals surface area (Å²) >= 11 is 0. The van der Waals surface area contributed by atoms with Crippen LogP contribution in [-0.2, 0) is 20.1 Å². The van der Waals surface area contributed by atoms with Crippen LogP contribution in [0.25, 0.3) is 0 Å². The highest BCUT2D eigenvalue weighted by molar-refractivity contribution is 5.94. The van der Waals surface area contributed by atoms with Gasteiger partial charge in [0.15, 0.2) is 0 Å². The molecule has 0 fully saturated rings. The van der Waals surface area contributed by atoms with Crippen LogP contribution in [0.2, 0.25) is 0 Å². The van der Waals surface area contributed by atoms with Crippen molar-refractivity contribution < 1.29 is 4.79 Å². The first-order valence-corrected chi connectivity index (χ1v) is 8.91. The van der Waals surface area contributed by atoms with Crippen LogP contribution in [0.15, 0.2) is 36.9 Å². The number of H-pyrrole nitrogens is 1. The van der Waals surface area contributed by atoms with Crippen molar-refractivity contribution >= 4 is 11.7 Å². The van der Waals surface area contributed by atoms with Crippen LogP contribution < -0.4 is 4.90 Å². The van der Waals surface area contributed by atoms with Gasteiger partial charge in [0.05, 0.1) is 18.7 Å². The Morgan fingerprint density at radius 2 is 2.00 bits per heavy atom. The summed E-state index contributed by atoms with van der Waals surface area (Å²) in [7, 11) is 3.87. The minimum Gasteiger partial charge on any atom is -0.352 e. The largest absolute Gasteiger partial charge is 0.352 e. The molecule has 3 aromatic rings. The molecule has 1 amide bonds. The molecule has 0 aliphatic carbocycles. The fourth-order valence-electron chi connectivity index (χ4n) is 2.82. The summed E-state index contributed by atoms with van der Waals surface area (Å²) < 4.78 is 1.92. The van der Waals surface area contributed by atoms with E-state index < -0.39 is 0 Å². The summed E-state index contributed by atoms with van der Waals surface area (Å²) in [6.45, 7) is 5.62. The summed E-state index contributed by atoms with van der Waals surface area (Å²) in [5.74, 6) is 2.46. The molecule has 3 heterocycles. The second kappa shape index (κ2) is 8.03. The summed E-state index contributed by atoms with van der Waals surface area (Å²) in [4.78, 5) is 32.8. The van der Waals surface area contributed by atoms with Crippen LogP contribution in [0.3, 0.4) is 0 Å². The van der Waals surface area contributed by atoms with E-state index in [0.717, 1.165) is 23.2 Å². The maximum Gasteiger partial charge on any atom is 0.255 e. The van der Waals surface area contributed by atoms with Crippen molar-refractivity contribution in [3.05, 3.63) is 59.8 Å².